The second-order valence-electron chi connectivity index (χ2n) is 6.18. The van der Waals surface area contributed by atoms with Crippen molar-refractivity contribution in [2.75, 3.05) is 10.0 Å². The number of sulfonamides is 1. The van der Waals surface area contributed by atoms with Gasteiger partial charge in [0.1, 0.15) is 11.3 Å². The van der Waals surface area contributed by atoms with E-state index >= 15 is 0 Å². The molecule has 0 saturated heterocycles. The molecule has 2 aromatic carbocycles. The Hall–Kier alpha value is -3.13. The molecular formula is C19H19N3O4S. The van der Waals surface area contributed by atoms with Gasteiger partial charge in [0.05, 0.1) is 16.8 Å². The van der Waals surface area contributed by atoms with Crippen LogP contribution in [0, 0.1) is 20.8 Å². The van der Waals surface area contributed by atoms with E-state index in [1.807, 2.05) is 13.8 Å². The van der Waals surface area contributed by atoms with Gasteiger partial charge in [-0.1, -0.05) is 17.3 Å². The van der Waals surface area contributed by atoms with E-state index in [1.165, 1.54) is 6.20 Å². The Morgan fingerprint density at radius 1 is 1.00 bits per heavy atom. The van der Waals surface area contributed by atoms with Crippen molar-refractivity contribution < 1.29 is 17.7 Å². The van der Waals surface area contributed by atoms with Crippen LogP contribution < -0.4 is 10.0 Å². The summed E-state index contributed by atoms with van der Waals surface area (Å²) in [5.74, 6) is 0.0158. The molecule has 0 aliphatic heterocycles. The number of amides is 1. The zero-order valence-electron chi connectivity index (χ0n) is 15.1. The van der Waals surface area contributed by atoms with Crippen LogP contribution in [0.3, 0.4) is 0 Å². The fraction of sp³-hybridized carbons (Fsp3) is 0.158. The van der Waals surface area contributed by atoms with Gasteiger partial charge in [-0.3, -0.25) is 9.52 Å². The van der Waals surface area contributed by atoms with Crippen LogP contribution in [0.15, 0.2) is 58.1 Å². The first-order chi connectivity index (χ1) is 12.8. The van der Waals surface area contributed by atoms with Crippen LogP contribution in [0.4, 0.5) is 11.4 Å². The highest BCUT2D eigenvalue weighted by Crippen LogP contribution is 2.22. The molecule has 1 aromatic heterocycles. The minimum atomic E-state index is -3.74. The SMILES string of the molecule is Cc1ccc(S(=O)(=O)Nc2cccc(NC(=O)c3cnoc3C)c2)cc1C. The van der Waals surface area contributed by atoms with Gasteiger partial charge in [0.15, 0.2) is 0 Å². The molecule has 1 heterocycles. The molecule has 0 atom stereocenters. The van der Waals surface area contributed by atoms with Crippen molar-refractivity contribution in [2.24, 2.45) is 0 Å². The topological polar surface area (TPSA) is 101 Å². The maximum atomic E-state index is 12.6. The van der Waals surface area contributed by atoms with E-state index in [9.17, 15) is 13.2 Å². The molecule has 27 heavy (non-hydrogen) atoms. The maximum Gasteiger partial charge on any atom is 0.261 e. The highest BCUT2D eigenvalue weighted by Gasteiger charge is 2.16. The summed E-state index contributed by atoms with van der Waals surface area (Å²) in [6.45, 7) is 5.41. The number of rotatable bonds is 5. The Morgan fingerprint density at radius 2 is 1.74 bits per heavy atom. The summed E-state index contributed by atoms with van der Waals surface area (Å²) in [6, 6.07) is 11.4. The Balaban J connectivity index is 1.80. The minimum Gasteiger partial charge on any atom is -0.361 e. The van der Waals surface area contributed by atoms with E-state index in [0.717, 1.165) is 11.1 Å². The molecule has 0 bridgehead atoms. The van der Waals surface area contributed by atoms with Crippen molar-refractivity contribution in [1.82, 2.24) is 5.16 Å². The molecule has 7 nitrogen and oxygen atoms in total. The molecule has 0 spiro atoms. The van der Waals surface area contributed by atoms with Gasteiger partial charge >= 0.3 is 0 Å². The van der Waals surface area contributed by atoms with Crippen molar-refractivity contribution in [1.29, 1.82) is 0 Å². The Labute approximate surface area is 157 Å². The third-order valence-corrected chi connectivity index (χ3v) is 5.54. The fourth-order valence-electron chi connectivity index (χ4n) is 2.47. The third kappa shape index (κ3) is 4.17. The second-order valence-corrected chi connectivity index (χ2v) is 7.86. The van der Waals surface area contributed by atoms with Crippen LogP contribution in [0.2, 0.25) is 0 Å². The van der Waals surface area contributed by atoms with E-state index in [1.54, 1.807) is 49.4 Å². The summed E-state index contributed by atoms with van der Waals surface area (Å²) in [5, 5.41) is 6.26. The summed E-state index contributed by atoms with van der Waals surface area (Å²) < 4.78 is 32.6. The van der Waals surface area contributed by atoms with Crippen LogP contribution in [-0.2, 0) is 10.0 Å². The monoisotopic (exact) mass is 385 g/mol. The van der Waals surface area contributed by atoms with E-state index in [2.05, 4.69) is 15.2 Å². The van der Waals surface area contributed by atoms with Crippen molar-refractivity contribution in [2.45, 2.75) is 25.7 Å². The summed E-state index contributed by atoms with van der Waals surface area (Å²) in [4.78, 5) is 12.4. The Morgan fingerprint density at radius 3 is 2.41 bits per heavy atom. The zero-order chi connectivity index (χ0) is 19.6. The molecule has 0 aliphatic carbocycles. The highest BCUT2D eigenvalue weighted by molar-refractivity contribution is 7.92. The van der Waals surface area contributed by atoms with Gasteiger partial charge in [-0.2, -0.15) is 0 Å². The van der Waals surface area contributed by atoms with Gasteiger partial charge in [0.25, 0.3) is 15.9 Å². The van der Waals surface area contributed by atoms with Crippen molar-refractivity contribution >= 4 is 27.3 Å². The van der Waals surface area contributed by atoms with Gasteiger partial charge in [0.2, 0.25) is 0 Å². The number of benzene rings is 2. The number of aromatic nitrogens is 1. The summed E-state index contributed by atoms with van der Waals surface area (Å²) in [5.41, 5.74) is 3.01. The van der Waals surface area contributed by atoms with Crippen LogP contribution in [0.5, 0.6) is 0 Å². The lowest BCUT2D eigenvalue weighted by molar-refractivity contribution is 0.102. The molecular weight excluding hydrogens is 366 g/mol. The fourth-order valence-corrected chi connectivity index (χ4v) is 3.60. The first-order valence-corrected chi connectivity index (χ1v) is 9.67. The Bertz CT molecular complexity index is 1100. The van der Waals surface area contributed by atoms with Crippen LogP contribution in [-0.4, -0.2) is 19.5 Å². The van der Waals surface area contributed by atoms with Crippen molar-refractivity contribution in [3.05, 3.63) is 71.1 Å². The summed E-state index contributed by atoms with van der Waals surface area (Å²) in [6.07, 6.45) is 1.33. The van der Waals surface area contributed by atoms with Gasteiger partial charge < -0.3 is 9.84 Å². The number of hydrogen-bond donors (Lipinski definition) is 2. The number of nitrogens with one attached hydrogen (secondary N) is 2. The van der Waals surface area contributed by atoms with Gasteiger partial charge in [0, 0.05) is 5.69 Å². The number of hydrogen-bond acceptors (Lipinski definition) is 5. The first-order valence-electron chi connectivity index (χ1n) is 8.19. The smallest absolute Gasteiger partial charge is 0.261 e. The minimum absolute atomic E-state index is 0.181. The zero-order valence-corrected chi connectivity index (χ0v) is 15.9. The third-order valence-electron chi connectivity index (χ3n) is 4.16. The van der Waals surface area contributed by atoms with Crippen LogP contribution in [0.1, 0.15) is 27.2 Å². The van der Waals surface area contributed by atoms with Crippen molar-refractivity contribution in [3.63, 3.8) is 0 Å². The van der Waals surface area contributed by atoms with E-state index in [4.69, 9.17) is 4.52 Å². The molecule has 0 fully saturated rings. The Kier molecular flexibility index (Phi) is 5.00. The van der Waals surface area contributed by atoms with Gasteiger partial charge in [-0.25, -0.2) is 8.42 Å². The first kappa shape index (κ1) is 18.7. The molecule has 0 aliphatic rings. The predicted octanol–water partition coefficient (Wildman–Crippen LogP) is 3.65. The largest absolute Gasteiger partial charge is 0.361 e. The summed E-state index contributed by atoms with van der Waals surface area (Å²) in [7, 11) is -3.74. The number of carbonyl (C=O) groups excluding carboxylic acids is 1. The molecule has 2 N–H and O–H groups in total. The lowest BCUT2D eigenvalue weighted by atomic mass is 10.1. The van der Waals surface area contributed by atoms with Crippen molar-refractivity contribution in [3.8, 4) is 0 Å². The average Bonchev–Trinajstić information content (AvgIpc) is 3.03. The number of aryl methyl sites for hydroxylation is 3. The molecule has 0 radical (unpaired) electrons. The van der Waals surface area contributed by atoms with Gasteiger partial charge in [-0.15, -0.1) is 0 Å². The van der Waals surface area contributed by atoms with E-state index in [0.29, 0.717) is 22.7 Å². The molecule has 3 aromatic rings. The maximum absolute atomic E-state index is 12.6. The van der Waals surface area contributed by atoms with E-state index in [-0.39, 0.29) is 10.8 Å². The average molecular weight is 385 g/mol. The van der Waals surface area contributed by atoms with Gasteiger partial charge in [-0.05, 0) is 62.2 Å². The summed E-state index contributed by atoms with van der Waals surface area (Å²) >= 11 is 0. The van der Waals surface area contributed by atoms with Crippen LogP contribution >= 0.6 is 0 Å². The normalized spacial score (nSPS) is 11.2. The highest BCUT2D eigenvalue weighted by atomic mass is 32.2. The molecule has 8 heteroatoms. The predicted molar refractivity (Wildman–Crippen MR) is 102 cm³/mol. The lowest BCUT2D eigenvalue weighted by Crippen LogP contribution is -2.15. The molecule has 1 amide bonds. The lowest BCUT2D eigenvalue weighted by Gasteiger charge is -2.11. The number of anilines is 2. The molecule has 3 rings (SSSR count). The number of carbonyl (C=O) groups is 1. The number of nitrogens with zero attached hydrogens (tertiary/aromatic N) is 1. The quantitative estimate of drug-likeness (QED) is 0.698. The van der Waals surface area contributed by atoms with Crippen LogP contribution in [0.25, 0.3) is 0 Å². The molecule has 0 saturated carbocycles. The second kappa shape index (κ2) is 7.24. The van der Waals surface area contributed by atoms with E-state index < -0.39 is 10.0 Å². The standard InChI is InChI=1S/C19H19N3O4S/c1-12-7-8-17(9-13(12)2)27(24,25)22-16-6-4-5-15(10-16)21-19(23)18-11-20-26-14(18)3/h4-11,22H,1-3H3,(H,21,23). The molecule has 0 unspecified atom stereocenters. The molecule has 140 valence electrons.